The van der Waals surface area contributed by atoms with Crippen molar-refractivity contribution in [1.82, 2.24) is 9.97 Å². The van der Waals surface area contributed by atoms with Gasteiger partial charge in [-0.2, -0.15) is 0 Å². The summed E-state index contributed by atoms with van der Waals surface area (Å²) < 4.78 is 21.0. The molecule has 4 nitrogen and oxygen atoms in total. The van der Waals surface area contributed by atoms with E-state index in [1.807, 2.05) is 0 Å². The van der Waals surface area contributed by atoms with E-state index in [9.17, 15) is 8.42 Å². The molecule has 0 aliphatic carbocycles. The van der Waals surface area contributed by atoms with Crippen molar-refractivity contribution in [3.8, 4) is 0 Å². The summed E-state index contributed by atoms with van der Waals surface area (Å²) in [5, 5.41) is 0. The lowest BCUT2D eigenvalue weighted by atomic mass is 10.7. The van der Waals surface area contributed by atoms with Crippen molar-refractivity contribution >= 4 is 19.7 Å². The van der Waals surface area contributed by atoms with Crippen LogP contribution >= 0.6 is 10.7 Å². The van der Waals surface area contributed by atoms with Crippen molar-refractivity contribution in [3.63, 3.8) is 0 Å². The van der Waals surface area contributed by atoms with Crippen LogP contribution in [0.5, 0.6) is 0 Å². The quantitative estimate of drug-likeness (QED) is 0.585. The van der Waals surface area contributed by atoms with Gasteiger partial charge in [-0.3, -0.25) is 0 Å². The lowest BCUT2D eigenvalue weighted by molar-refractivity contribution is 0.608. The third kappa shape index (κ3) is 1.65. The van der Waals surface area contributed by atoms with Crippen molar-refractivity contribution in [1.29, 1.82) is 0 Å². The molecule has 1 rings (SSSR count). The minimum Gasteiger partial charge on any atom is -0.243 e. The maximum absolute atomic E-state index is 10.5. The molecule has 0 amide bonds. The highest BCUT2D eigenvalue weighted by atomic mass is 35.7. The molecule has 1 aromatic heterocycles. The molecule has 0 spiro atoms. The highest BCUT2D eigenvalue weighted by Crippen LogP contribution is 2.09. The number of nitrogens with zero attached hydrogens (tertiary/aromatic N) is 2. The molecule has 0 radical (unpaired) electrons. The average molecular weight is 179 g/mol. The molecule has 0 aliphatic rings. The normalized spacial score (nSPS) is 11.3. The van der Waals surface area contributed by atoms with E-state index in [0.29, 0.717) is 0 Å². The van der Waals surface area contributed by atoms with Gasteiger partial charge in [0.15, 0.2) is 0 Å². The first-order valence-corrected chi connectivity index (χ1v) is 4.61. The van der Waals surface area contributed by atoms with Crippen LogP contribution in [0.2, 0.25) is 0 Å². The van der Waals surface area contributed by atoms with Gasteiger partial charge in [-0.1, -0.05) is 0 Å². The van der Waals surface area contributed by atoms with E-state index in [1.54, 1.807) is 0 Å². The smallest absolute Gasteiger partial charge is 0.243 e. The Bertz CT molecular complexity index is 309. The van der Waals surface area contributed by atoms with E-state index in [1.165, 1.54) is 6.33 Å². The number of hydrogen-bond acceptors (Lipinski definition) is 4. The Hall–Kier alpha value is -0.680. The van der Waals surface area contributed by atoms with Crippen LogP contribution in [0, 0.1) is 0 Å². The molecule has 10 heavy (non-hydrogen) atoms. The first-order valence-electron chi connectivity index (χ1n) is 2.30. The molecule has 1 aromatic rings. The first-order chi connectivity index (χ1) is 4.61. The van der Waals surface area contributed by atoms with Gasteiger partial charge in [0, 0.05) is 10.7 Å². The number of halogens is 1. The predicted molar refractivity (Wildman–Crippen MR) is 35.1 cm³/mol. The van der Waals surface area contributed by atoms with Crippen LogP contribution in [0.1, 0.15) is 0 Å². The Labute approximate surface area is 62.3 Å². The highest BCUT2D eigenvalue weighted by Gasteiger charge is 2.08. The van der Waals surface area contributed by atoms with Crippen LogP contribution < -0.4 is 0 Å². The second-order valence-corrected chi connectivity index (χ2v) is 4.08. The maximum atomic E-state index is 10.5. The summed E-state index contributed by atoms with van der Waals surface area (Å²) in [7, 11) is 1.30. The van der Waals surface area contributed by atoms with Crippen molar-refractivity contribution in [2.75, 3.05) is 0 Å². The molecule has 0 saturated heterocycles. The summed E-state index contributed by atoms with van der Waals surface area (Å²) in [6.07, 6.45) is 3.50. The molecule has 0 aliphatic heterocycles. The van der Waals surface area contributed by atoms with E-state index in [2.05, 4.69) is 9.97 Å². The van der Waals surface area contributed by atoms with Crippen LogP contribution in [0.15, 0.2) is 23.6 Å². The van der Waals surface area contributed by atoms with Gasteiger partial charge >= 0.3 is 0 Å². The van der Waals surface area contributed by atoms with Crippen molar-refractivity contribution in [2.24, 2.45) is 0 Å². The van der Waals surface area contributed by atoms with Crippen LogP contribution in [0.25, 0.3) is 0 Å². The second-order valence-electron chi connectivity index (χ2n) is 1.51. The molecule has 0 atom stereocenters. The van der Waals surface area contributed by atoms with Crippen LogP contribution in [-0.2, 0) is 9.05 Å². The highest BCUT2D eigenvalue weighted by molar-refractivity contribution is 8.13. The number of rotatable bonds is 1. The zero-order valence-corrected chi connectivity index (χ0v) is 6.30. The Balaban J connectivity index is 3.22. The molecule has 1 heterocycles. The van der Waals surface area contributed by atoms with Gasteiger partial charge in [0.1, 0.15) is 11.2 Å². The molecular weight excluding hydrogens is 176 g/mol. The van der Waals surface area contributed by atoms with Crippen molar-refractivity contribution in [2.45, 2.75) is 4.90 Å². The summed E-state index contributed by atoms with van der Waals surface area (Å²) >= 11 is 0. The Morgan fingerprint density at radius 1 is 1.30 bits per heavy atom. The molecule has 0 unspecified atom stereocenters. The fraction of sp³-hybridized carbons (Fsp3) is 0. The maximum Gasteiger partial charge on any atom is 0.264 e. The molecule has 54 valence electrons. The van der Waals surface area contributed by atoms with E-state index < -0.39 is 9.05 Å². The van der Waals surface area contributed by atoms with E-state index >= 15 is 0 Å². The Morgan fingerprint density at radius 2 is 1.80 bits per heavy atom. The first kappa shape index (κ1) is 7.43. The standard InChI is InChI=1S/C4H3ClN2O2S/c5-10(8,9)4-1-6-3-7-2-4/h1-3H. The van der Waals surface area contributed by atoms with E-state index in [-0.39, 0.29) is 4.90 Å². The van der Waals surface area contributed by atoms with Crippen LogP contribution in [0.4, 0.5) is 0 Å². The molecule has 0 bridgehead atoms. The predicted octanol–water partition coefficient (Wildman–Crippen LogP) is 0.404. The summed E-state index contributed by atoms with van der Waals surface area (Å²) in [4.78, 5) is 6.87. The summed E-state index contributed by atoms with van der Waals surface area (Å²) in [6, 6.07) is 0. The minimum atomic E-state index is -3.66. The molecule has 0 aromatic carbocycles. The van der Waals surface area contributed by atoms with Crippen molar-refractivity contribution in [3.05, 3.63) is 18.7 Å². The van der Waals surface area contributed by atoms with Gasteiger partial charge < -0.3 is 0 Å². The van der Waals surface area contributed by atoms with Gasteiger partial charge in [-0.15, -0.1) is 0 Å². The average Bonchev–Trinajstić information content (AvgIpc) is 1.88. The van der Waals surface area contributed by atoms with Gasteiger partial charge in [0.25, 0.3) is 9.05 Å². The summed E-state index contributed by atoms with van der Waals surface area (Å²) in [5.41, 5.74) is 0. The number of aromatic nitrogens is 2. The van der Waals surface area contributed by atoms with E-state index in [0.717, 1.165) is 12.4 Å². The lowest BCUT2D eigenvalue weighted by Crippen LogP contribution is -1.91. The topological polar surface area (TPSA) is 59.9 Å². The molecular formula is C4H3ClN2O2S. The SMILES string of the molecule is O=S(=O)(Cl)c1cncnc1. The zero-order valence-electron chi connectivity index (χ0n) is 4.73. The monoisotopic (exact) mass is 178 g/mol. The molecule has 0 fully saturated rings. The van der Waals surface area contributed by atoms with Crippen LogP contribution in [-0.4, -0.2) is 18.4 Å². The largest absolute Gasteiger partial charge is 0.264 e. The summed E-state index contributed by atoms with van der Waals surface area (Å²) in [6.45, 7) is 0. The molecule has 0 N–H and O–H groups in total. The lowest BCUT2D eigenvalue weighted by Gasteiger charge is -1.89. The third-order valence-corrected chi connectivity index (χ3v) is 2.13. The second kappa shape index (κ2) is 2.51. The fourth-order valence-corrected chi connectivity index (χ4v) is 1.02. The van der Waals surface area contributed by atoms with Crippen LogP contribution in [0.3, 0.4) is 0 Å². The van der Waals surface area contributed by atoms with Gasteiger partial charge in [-0.25, -0.2) is 18.4 Å². The Kier molecular flexibility index (Phi) is 1.87. The van der Waals surface area contributed by atoms with Gasteiger partial charge in [0.05, 0.1) is 12.4 Å². The van der Waals surface area contributed by atoms with Gasteiger partial charge in [-0.05, 0) is 0 Å². The van der Waals surface area contributed by atoms with Crippen molar-refractivity contribution < 1.29 is 8.42 Å². The Morgan fingerprint density at radius 3 is 2.10 bits per heavy atom. The molecule has 0 saturated carbocycles. The fourth-order valence-electron chi connectivity index (χ4n) is 0.411. The van der Waals surface area contributed by atoms with Gasteiger partial charge in [0.2, 0.25) is 0 Å². The third-order valence-electron chi connectivity index (χ3n) is 0.818. The summed E-state index contributed by atoms with van der Waals surface area (Å²) in [5.74, 6) is 0. The minimum absolute atomic E-state index is 0.0864. The molecule has 6 heteroatoms. The van der Waals surface area contributed by atoms with E-state index in [4.69, 9.17) is 10.7 Å². The number of hydrogen-bond donors (Lipinski definition) is 0. The zero-order chi connectivity index (χ0) is 7.61.